The number of rotatable bonds is 2. The van der Waals surface area contributed by atoms with Crippen molar-refractivity contribution < 1.29 is 9.45 Å². The third-order valence-corrected chi connectivity index (χ3v) is 2.00. The summed E-state index contributed by atoms with van der Waals surface area (Å²) >= 11 is 0. The number of benzene rings is 1. The Labute approximate surface area is 85.5 Å². The Morgan fingerprint density at radius 3 is 2.47 bits per heavy atom. The van der Waals surface area contributed by atoms with Crippen LogP contribution < -0.4 is 0 Å². The fraction of sp³-hybridized carbons (Fsp3) is 0.100. The molecular formula is C10H8N2O3. The fourth-order valence-corrected chi connectivity index (χ4v) is 1.26. The Kier molecular flexibility index (Phi) is 2.21. The number of non-ortho nitro benzene ring substituents is 1. The van der Waals surface area contributed by atoms with Crippen molar-refractivity contribution in [3.05, 3.63) is 46.2 Å². The Morgan fingerprint density at radius 1 is 1.33 bits per heavy atom. The van der Waals surface area contributed by atoms with E-state index in [1.165, 1.54) is 12.1 Å². The molecular weight excluding hydrogens is 196 g/mol. The van der Waals surface area contributed by atoms with E-state index in [1.54, 1.807) is 25.1 Å². The van der Waals surface area contributed by atoms with Gasteiger partial charge in [0.05, 0.1) is 4.92 Å². The summed E-state index contributed by atoms with van der Waals surface area (Å²) in [5, 5.41) is 14.2. The van der Waals surface area contributed by atoms with Crippen molar-refractivity contribution >= 4 is 5.69 Å². The van der Waals surface area contributed by atoms with Crippen molar-refractivity contribution in [2.75, 3.05) is 0 Å². The molecule has 0 aliphatic rings. The van der Waals surface area contributed by atoms with Crippen LogP contribution in [0.3, 0.4) is 0 Å². The SMILES string of the molecule is Cc1cc(-c2ccc([N+](=O)[O-])cc2)no1. The van der Waals surface area contributed by atoms with E-state index in [4.69, 9.17) is 4.52 Å². The maximum Gasteiger partial charge on any atom is 0.269 e. The van der Waals surface area contributed by atoms with Gasteiger partial charge in [-0.25, -0.2) is 0 Å². The van der Waals surface area contributed by atoms with E-state index in [0.717, 1.165) is 5.56 Å². The highest BCUT2D eigenvalue weighted by atomic mass is 16.6. The molecule has 0 saturated heterocycles. The van der Waals surface area contributed by atoms with Crippen molar-refractivity contribution in [3.8, 4) is 11.3 Å². The number of hydrogen-bond acceptors (Lipinski definition) is 4. The Balaban J connectivity index is 2.35. The van der Waals surface area contributed by atoms with E-state index in [-0.39, 0.29) is 5.69 Å². The van der Waals surface area contributed by atoms with Gasteiger partial charge in [0.2, 0.25) is 0 Å². The summed E-state index contributed by atoms with van der Waals surface area (Å²) in [5.74, 6) is 0.711. The summed E-state index contributed by atoms with van der Waals surface area (Å²) in [6.07, 6.45) is 0. The van der Waals surface area contributed by atoms with Gasteiger partial charge in [-0.1, -0.05) is 5.16 Å². The van der Waals surface area contributed by atoms with Crippen LogP contribution in [0.5, 0.6) is 0 Å². The van der Waals surface area contributed by atoms with Gasteiger partial charge in [0, 0.05) is 23.8 Å². The average molecular weight is 204 g/mol. The molecule has 0 amide bonds. The van der Waals surface area contributed by atoms with E-state index in [2.05, 4.69) is 5.16 Å². The number of hydrogen-bond donors (Lipinski definition) is 0. The van der Waals surface area contributed by atoms with Gasteiger partial charge in [-0.2, -0.15) is 0 Å². The summed E-state index contributed by atoms with van der Waals surface area (Å²) in [4.78, 5) is 9.99. The number of nitro groups is 1. The van der Waals surface area contributed by atoms with Crippen LogP contribution in [0.25, 0.3) is 11.3 Å². The molecule has 0 N–H and O–H groups in total. The van der Waals surface area contributed by atoms with Gasteiger partial charge < -0.3 is 4.52 Å². The topological polar surface area (TPSA) is 69.2 Å². The lowest BCUT2D eigenvalue weighted by Gasteiger charge is -1.94. The van der Waals surface area contributed by atoms with Crippen LogP contribution in [0.15, 0.2) is 34.9 Å². The van der Waals surface area contributed by atoms with Crippen molar-refractivity contribution in [2.24, 2.45) is 0 Å². The minimum Gasteiger partial charge on any atom is -0.361 e. The molecule has 0 saturated carbocycles. The van der Waals surface area contributed by atoms with Crippen LogP contribution in [0.1, 0.15) is 5.76 Å². The van der Waals surface area contributed by atoms with Gasteiger partial charge in [-0.05, 0) is 19.1 Å². The molecule has 0 bridgehead atoms. The van der Waals surface area contributed by atoms with Gasteiger partial charge in [0.15, 0.2) is 0 Å². The first-order chi connectivity index (χ1) is 7.16. The molecule has 1 aromatic heterocycles. The Hall–Kier alpha value is -2.17. The maximum atomic E-state index is 10.4. The summed E-state index contributed by atoms with van der Waals surface area (Å²) in [5.41, 5.74) is 1.55. The smallest absolute Gasteiger partial charge is 0.269 e. The molecule has 5 heteroatoms. The normalized spacial score (nSPS) is 10.2. The lowest BCUT2D eigenvalue weighted by atomic mass is 10.1. The predicted octanol–water partition coefficient (Wildman–Crippen LogP) is 2.56. The lowest BCUT2D eigenvalue weighted by Crippen LogP contribution is -1.86. The molecule has 15 heavy (non-hydrogen) atoms. The highest BCUT2D eigenvalue weighted by Gasteiger charge is 2.07. The third kappa shape index (κ3) is 1.85. The molecule has 5 nitrogen and oxygen atoms in total. The van der Waals surface area contributed by atoms with Crippen LogP contribution >= 0.6 is 0 Å². The minimum absolute atomic E-state index is 0.0685. The maximum absolute atomic E-state index is 10.4. The van der Waals surface area contributed by atoms with E-state index >= 15 is 0 Å². The van der Waals surface area contributed by atoms with Gasteiger partial charge in [0.1, 0.15) is 11.5 Å². The van der Waals surface area contributed by atoms with Crippen molar-refractivity contribution in [2.45, 2.75) is 6.92 Å². The second-order valence-electron chi connectivity index (χ2n) is 3.13. The van der Waals surface area contributed by atoms with Gasteiger partial charge in [-0.15, -0.1) is 0 Å². The van der Waals surface area contributed by atoms with Gasteiger partial charge >= 0.3 is 0 Å². The first-order valence-corrected chi connectivity index (χ1v) is 4.35. The van der Waals surface area contributed by atoms with Crippen molar-refractivity contribution in [1.29, 1.82) is 0 Å². The molecule has 2 aromatic rings. The second-order valence-corrected chi connectivity index (χ2v) is 3.13. The molecule has 76 valence electrons. The molecule has 1 aromatic carbocycles. The zero-order valence-corrected chi connectivity index (χ0v) is 8.01. The van der Waals surface area contributed by atoms with Crippen LogP contribution in [-0.2, 0) is 0 Å². The first-order valence-electron chi connectivity index (χ1n) is 4.35. The molecule has 0 unspecified atom stereocenters. The van der Waals surface area contributed by atoms with Crippen molar-refractivity contribution in [1.82, 2.24) is 5.16 Å². The second kappa shape index (κ2) is 3.53. The van der Waals surface area contributed by atoms with E-state index < -0.39 is 4.92 Å². The van der Waals surface area contributed by atoms with Crippen LogP contribution in [0.4, 0.5) is 5.69 Å². The monoisotopic (exact) mass is 204 g/mol. The molecule has 0 spiro atoms. The lowest BCUT2D eigenvalue weighted by molar-refractivity contribution is -0.384. The highest BCUT2D eigenvalue weighted by molar-refractivity contribution is 5.60. The van der Waals surface area contributed by atoms with E-state index in [0.29, 0.717) is 11.5 Å². The summed E-state index contributed by atoms with van der Waals surface area (Å²) in [6.45, 7) is 1.79. The molecule has 0 aliphatic heterocycles. The van der Waals surface area contributed by atoms with Crippen molar-refractivity contribution in [3.63, 3.8) is 0 Å². The summed E-state index contributed by atoms with van der Waals surface area (Å²) in [7, 11) is 0. The number of nitro benzene ring substituents is 1. The quantitative estimate of drug-likeness (QED) is 0.556. The average Bonchev–Trinajstić information content (AvgIpc) is 2.65. The Bertz CT molecular complexity index is 488. The number of aromatic nitrogens is 1. The van der Waals surface area contributed by atoms with Gasteiger partial charge in [-0.3, -0.25) is 10.1 Å². The van der Waals surface area contributed by atoms with E-state index in [1.807, 2.05) is 0 Å². The van der Waals surface area contributed by atoms with E-state index in [9.17, 15) is 10.1 Å². The largest absolute Gasteiger partial charge is 0.361 e. The van der Waals surface area contributed by atoms with Crippen LogP contribution in [0.2, 0.25) is 0 Å². The summed E-state index contributed by atoms with van der Waals surface area (Å²) in [6, 6.07) is 7.96. The first kappa shape index (κ1) is 9.39. The number of aryl methyl sites for hydroxylation is 1. The molecule has 2 rings (SSSR count). The molecule has 0 fully saturated rings. The third-order valence-electron chi connectivity index (χ3n) is 2.00. The number of nitrogens with zero attached hydrogens (tertiary/aromatic N) is 2. The summed E-state index contributed by atoms with van der Waals surface area (Å²) < 4.78 is 4.91. The molecule has 0 atom stereocenters. The molecule has 0 radical (unpaired) electrons. The minimum atomic E-state index is -0.433. The zero-order valence-electron chi connectivity index (χ0n) is 8.01. The van der Waals surface area contributed by atoms with Gasteiger partial charge in [0.25, 0.3) is 5.69 Å². The predicted molar refractivity (Wildman–Crippen MR) is 53.3 cm³/mol. The fourth-order valence-electron chi connectivity index (χ4n) is 1.26. The standard InChI is InChI=1S/C10H8N2O3/c1-7-6-10(11-15-7)8-2-4-9(5-3-8)12(13)14/h2-6H,1H3. The zero-order chi connectivity index (χ0) is 10.8. The Morgan fingerprint density at radius 2 is 2.00 bits per heavy atom. The van der Waals surface area contributed by atoms with Crippen LogP contribution in [-0.4, -0.2) is 10.1 Å². The molecule has 1 heterocycles. The molecule has 0 aliphatic carbocycles. The van der Waals surface area contributed by atoms with Crippen LogP contribution in [0, 0.1) is 17.0 Å². The highest BCUT2D eigenvalue weighted by Crippen LogP contribution is 2.21.